The molecule has 123 valence electrons. The minimum absolute atomic E-state index is 0.417. The van der Waals surface area contributed by atoms with Gasteiger partial charge in [-0.05, 0) is 0 Å². The molecule has 0 spiro atoms. The van der Waals surface area contributed by atoms with Crippen molar-refractivity contribution < 1.29 is 38.5 Å². The molecule has 0 heterocycles. The Hall–Kier alpha value is 0.554. The average Bonchev–Trinajstić information content (AvgIpc) is 2.22. The van der Waals surface area contributed by atoms with Crippen LogP contribution in [0.1, 0.15) is 74.1 Å². The predicted octanol–water partition coefficient (Wildman–Crippen LogP) is 1.24. The third-order valence-electron chi connectivity index (χ3n) is 1.14. The SMILES string of the molecule is CC(C)[O-].CC(C)[O-].CC(C)[O-].CCCCC[CH2][Ti+3][OH]. The van der Waals surface area contributed by atoms with Crippen LogP contribution in [0, 0.1) is 0 Å². The van der Waals surface area contributed by atoms with Gasteiger partial charge in [0.1, 0.15) is 0 Å². The van der Waals surface area contributed by atoms with E-state index in [0.29, 0.717) is 0 Å². The Morgan fingerprint density at radius 3 is 1.25 bits per heavy atom. The third kappa shape index (κ3) is 185. The van der Waals surface area contributed by atoms with Crippen molar-refractivity contribution in [2.45, 2.75) is 97.2 Å². The summed E-state index contributed by atoms with van der Waals surface area (Å²) in [5, 5.41) is 28.6. The predicted molar refractivity (Wildman–Crippen MR) is 76.6 cm³/mol. The van der Waals surface area contributed by atoms with Gasteiger partial charge in [0.2, 0.25) is 0 Å². The monoisotopic (exact) mass is 327 g/mol. The summed E-state index contributed by atoms with van der Waals surface area (Å²) in [6, 6.07) is 0. The normalized spacial score (nSPS) is 8.90. The average molecular weight is 327 g/mol. The second-order valence-electron chi connectivity index (χ2n) is 5.12. The van der Waals surface area contributed by atoms with Crippen LogP contribution in [0.2, 0.25) is 4.73 Å². The van der Waals surface area contributed by atoms with E-state index in [1.165, 1.54) is 25.7 Å². The van der Waals surface area contributed by atoms with E-state index in [9.17, 15) is 15.3 Å². The molecular formula is C15H35O4Ti. The van der Waals surface area contributed by atoms with Crippen molar-refractivity contribution in [1.82, 2.24) is 0 Å². The molecule has 20 heavy (non-hydrogen) atoms. The van der Waals surface area contributed by atoms with E-state index >= 15 is 0 Å². The second kappa shape index (κ2) is 27.8. The number of unbranched alkanes of at least 4 members (excludes halogenated alkanes) is 3. The fourth-order valence-corrected chi connectivity index (χ4v) is 1.27. The molecule has 0 fully saturated rings. The van der Waals surface area contributed by atoms with Gasteiger partial charge in [-0.25, -0.2) is 0 Å². The number of rotatable bonds is 5. The summed E-state index contributed by atoms with van der Waals surface area (Å²) >= 11 is -0.516. The fourth-order valence-electron chi connectivity index (χ4n) is 0.631. The van der Waals surface area contributed by atoms with E-state index in [1.54, 1.807) is 41.5 Å². The van der Waals surface area contributed by atoms with Crippen molar-refractivity contribution >= 4 is 0 Å². The summed E-state index contributed by atoms with van der Waals surface area (Å²) in [5.41, 5.74) is 0. The van der Waals surface area contributed by atoms with Crippen LogP contribution in [0.5, 0.6) is 0 Å². The molecule has 0 atom stereocenters. The van der Waals surface area contributed by atoms with Crippen molar-refractivity contribution in [3.63, 3.8) is 0 Å². The van der Waals surface area contributed by atoms with Gasteiger partial charge in [0.05, 0.1) is 0 Å². The quantitative estimate of drug-likeness (QED) is 0.608. The molecule has 0 aliphatic rings. The van der Waals surface area contributed by atoms with Crippen LogP contribution in [-0.4, -0.2) is 22.0 Å². The Morgan fingerprint density at radius 2 is 1.05 bits per heavy atom. The van der Waals surface area contributed by atoms with Gasteiger partial charge < -0.3 is 15.3 Å². The molecule has 0 aliphatic heterocycles. The van der Waals surface area contributed by atoms with E-state index in [0.717, 1.165) is 4.73 Å². The topological polar surface area (TPSA) is 89.4 Å². The summed E-state index contributed by atoms with van der Waals surface area (Å²) in [6.07, 6.45) is 3.96. The van der Waals surface area contributed by atoms with Gasteiger partial charge in [0.15, 0.2) is 0 Å². The van der Waals surface area contributed by atoms with Crippen LogP contribution in [0.4, 0.5) is 0 Å². The Bertz CT molecular complexity index is 103. The molecule has 1 N–H and O–H groups in total. The first-order valence-electron chi connectivity index (χ1n) is 7.46. The van der Waals surface area contributed by atoms with Gasteiger partial charge in [0, 0.05) is 0 Å². The maximum atomic E-state index is 9.53. The summed E-state index contributed by atoms with van der Waals surface area (Å²) in [5.74, 6) is 0. The Kier molecular flexibility index (Phi) is 39.9. The molecule has 0 bridgehead atoms. The van der Waals surface area contributed by atoms with E-state index < -0.39 is 37.9 Å². The molecule has 0 aromatic heterocycles. The molecule has 0 amide bonds. The van der Waals surface area contributed by atoms with E-state index in [2.05, 4.69) is 6.92 Å². The van der Waals surface area contributed by atoms with E-state index in [-0.39, 0.29) is 0 Å². The number of hydrogen-bond acceptors (Lipinski definition) is 4. The molecule has 0 saturated heterocycles. The Morgan fingerprint density at radius 1 is 0.750 bits per heavy atom. The van der Waals surface area contributed by atoms with Gasteiger partial charge in [-0.3, -0.25) is 0 Å². The van der Waals surface area contributed by atoms with E-state index in [4.69, 9.17) is 3.69 Å². The molecule has 0 unspecified atom stereocenters. The van der Waals surface area contributed by atoms with Gasteiger partial charge in [-0.15, -0.1) is 18.3 Å². The molecular weight excluding hydrogens is 292 g/mol. The van der Waals surface area contributed by atoms with Crippen molar-refractivity contribution in [3.05, 3.63) is 0 Å². The first-order chi connectivity index (χ1) is 9.11. The fraction of sp³-hybridized carbons (Fsp3) is 1.00. The Labute approximate surface area is 136 Å². The van der Waals surface area contributed by atoms with Crippen molar-refractivity contribution in [1.29, 1.82) is 0 Å². The number of hydrogen-bond donors (Lipinski definition) is 1. The zero-order valence-electron chi connectivity index (χ0n) is 14.4. The van der Waals surface area contributed by atoms with Crippen molar-refractivity contribution in [3.8, 4) is 0 Å². The molecule has 0 radical (unpaired) electrons. The molecule has 0 aromatic rings. The first kappa shape index (κ1) is 28.7. The molecule has 0 aromatic carbocycles. The third-order valence-corrected chi connectivity index (χ3v) is 2.04. The zero-order valence-corrected chi connectivity index (χ0v) is 16.0. The Balaban J connectivity index is -0.0000000917. The first-order valence-corrected chi connectivity index (χ1v) is 9.26. The van der Waals surface area contributed by atoms with Crippen molar-refractivity contribution in [2.24, 2.45) is 0 Å². The van der Waals surface area contributed by atoms with Crippen molar-refractivity contribution in [2.75, 3.05) is 0 Å². The molecule has 0 saturated carbocycles. The van der Waals surface area contributed by atoms with Gasteiger partial charge >= 0.3 is 60.6 Å². The van der Waals surface area contributed by atoms with Gasteiger partial charge in [-0.1, -0.05) is 41.5 Å². The van der Waals surface area contributed by atoms with Crippen LogP contribution >= 0.6 is 0 Å². The van der Waals surface area contributed by atoms with Gasteiger partial charge in [-0.2, -0.15) is 0 Å². The molecule has 4 nitrogen and oxygen atoms in total. The minimum atomic E-state index is -0.516. The van der Waals surface area contributed by atoms with Crippen LogP contribution in [-0.2, 0) is 19.5 Å². The van der Waals surface area contributed by atoms with Crippen LogP contribution in [0.25, 0.3) is 0 Å². The summed E-state index contributed by atoms with van der Waals surface area (Å²) < 4.78 is 9.60. The van der Waals surface area contributed by atoms with Crippen LogP contribution in [0.15, 0.2) is 0 Å². The second-order valence-corrected chi connectivity index (χ2v) is 6.39. The van der Waals surface area contributed by atoms with Gasteiger partial charge in [0.25, 0.3) is 0 Å². The summed E-state index contributed by atoms with van der Waals surface area (Å²) in [7, 11) is 0. The maximum absolute atomic E-state index is 9.53. The summed E-state index contributed by atoms with van der Waals surface area (Å²) in [6.45, 7) is 11.9. The van der Waals surface area contributed by atoms with Crippen LogP contribution in [0.3, 0.4) is 0 Å². The van der Waals surface area contributed by atoms with E-state index in [1.807, 2.05) is 0 Å². The zero-order chi connectivity index (χ0) is 17.0. The molecule has 5 heteroatoms. The molecule has 0 rings (SSSR count). The molecule has 0 aliphatic carbocycles. The summed E-state index contributed by atoms with van der Waals surface area (Å²) in [4.78, 5) is 0. The van der Waals surface area contributed by atoms with Crippen LogP contribution < -0.4 is 15.3 Å². The standard InChI is InChI=1S/C6H13.3C3H7O.H2O.Ti/c1-3-5-6-4-2;3*1-3(2)4;;/h1,3-6H2,2H3;3*3H,1-2H3;1H2;/q;3*-1;;+4/p-1.